The van der Waals surface area contributed by atoms with E-state index in [1.807, 2.05) is 42.5 Å². The van der Waals surface area contributed by atoms with Crippen molar-refractivity contribution in [3.63, 3.8) is 0 Å². The fourth-order valence-corrected chi connectivity index (χ4v) is 4.07. The van der Waals surface area contributed by atoms with Crippen molar-refractivity contribution in [2.45, 2.75) is 43.9 Å². The van der Waals surface area contributed by atoms with E-state index in [4.69, 9.17) is 23.4 Å². The van der Waals surface area contributed by atoms with Crippen LogP contribution in [0.4, 0.5) is 0 Å². The molecular formula is C23H23NO7. The van der Waals surface area contributed by atoms with Crippen LogP contribution in [0, 0.1) is 0 Å². The molecule has 1 amide bonds. The summed E-state index contributed by atoms with van der Waals surface area (Å²) in [7, 11) is 0. The standard InChI is InChI=1S/C23H23NO7/c1-13(25)24-19-20(26)21-18(12-28-22(31-21)17-10-5-11-27-17)30-23(19)29-16-9-4-7-14-6-2-3-8-15(14)16/h2-11,18-23,26H,12H2,1H3,(H,24,25)/t18-,19-,20-,21+,22+,23+/m1/s1. The van der Waals surface area contributed by atoms with Gasteiger partial charge in [0.2, 0.25) is 18.5 Å². The number of hydrogen-bond donors (Lipinski definition) is 2. The third-order valence-electron chi connectivity index (χ3n) is 5.50. The van der Waals surface area contributed by atoms with Crippen LogP contribution in [-0.2, 0) is 19.0 Å². The van der Waals surface area contributed by atoms with E-state index in [2.05, 4.69) is 5.32 Å². The molecule has 31 heavy (non-hydrogen) atoms. The summed E-state index contributed by atoms with van der Waals surface area (Å²) in [4.78, 5) is 11.9. The van der Waals surface area contributed by atoms with Gasteiger partial charge in [0, 0.05) is 12.3 Å². The second kappa shape index (κ2) is 8.32. The lowest BCUT2D eigenvalue weighted by Gasteiger charge is -2.47. The molecule has 8 nitrogen and oxygen atoms in total. The number of aliphatic hydroxyl groups is 1. The summed E-state index contributed by atoms with van der Waals surface area (Å²) in [5, 5.41) is 15.8. The first-order valence-electron chi connectivity index (χ1n) is 10.2. The molecule has 6 atom stereocenters. The van der Waals surface area contributed by atoms with E-state index in [0.29, 0.717) is 11.5 Å². The molecule has 0 bridgehead atoms. The Balaban J connectivity index is 1.41. The van der Waals surface area contributed by atoms with Crippen molar-refractivity contribution < 1.29 is 33.3 Å². The highest BCUT2D eigenvalue weighted by Gasteiger charge is 2.51. The van der Waals surface area contributed by atoms with Gasteiger partial charge in [-0.25, -0.2) is 0 Å². The van der Waals surface area contributed by atoms with Crippen LogP contribution in [0.3, 0.4) is 0 Å². The number of rotatable bonds is 4. The van der Waals surface area contributed by atoms with Crippen LogP contribution in [0.5, 0.6) is 5.75 Å². The molecule has 0 radical (unpaired) electrons. The summed E-state index contributed by atoms with van der Waals surface area (Å²) in [6.07, 6.45) is -2.56. The minimum atomic E-state index is -1.08. The van der Waals surface area contributed by atoms with Gasteiger partial charge in [0.1, 0.15) is 30.1 Å². The number of carbonyl (C=O) groups is 1. The summed E-state index contributed by atoms with van der Waals surface area (Å²) in [5.74, 6) is 0.776. The Bertz CT molecular complexity index is 1050. The van der Waals surface area contributed by atoms with Crippen molar-refractivity contribution in [1.29, 1.82) is 0 Å². The van der Waals surface area contributed by atoms with Crippen LogP contribution in [0.25, 0.3) is 10.8 Å². The number of hydrogen-bond acceptors (Lipinski definition) is 7. The summed E-state index contributed by atoms with van der Waals surface area (Å²) < 4.78 is 29.3. The zero-order valence-corrected chi connectivity index (χ0v) is 16.8. The highest BCUT2D eigenvalue weighted by molar-refractivity contribution is 5.88. The van der Waals surface area contributed by atoms with Crippen LogP contribution in [0.1, 0.15) is 19.0 Å². The summed E-state index contributed by atoms with van der Waals surface area (Å²) >= 11 is 0. The maximum atomic E-state index is 11.9. The number of benzene rings is 2. The molecule has 2 aliphatic heterocycles. The van der Waals surface area contributed by atoms with Gasteiger partial charge in [0.05, 0.1) is 12.9 Å². The summed E-state index contributed by atoms with van der Waals surface area (Å²) in [5.41, 5.74) is 0. The molecule has 2 saturated heterocycles. The van der Waals surface area contributed by atoms with Crippen LogP contribution in [0.2, 0.25) is 0 Å². The number of ether oxygens (including phenoxy) is 4. The van der Waals surface area contributed by atoms with Crippen LogP contribution < -0.4 is 10.1 Å². The van der Waals surface area contributed by atoms with Crippen LogP contribution >= 0.6 is 0 Å². The molecule has 162 valence electrons. The first-order valence-corrected chi connectivity index (χ1v) is 10.2. The van der Waals surface area contributed by atoms with E-state index in [1.54, 1.807) is 12.1 Å². The number of nitrogens with one attached hydrogen (secondary N) is 1. The largest absolute Gasteiger partial charge is 0.464 e. The number of carbonyl (C=O) groups excluding carboxylic acids is 1. The van der Waals surface area contributed by atoms with Crippen molar-refractivity contribution in [3.8, 4) is 5.75 Å². The molecule has 3 heterocycles. The minimum absolute atomic E-state index is 0.176. The zero-order chi connectivity index (χ0) is 21.4. The summed E-state index contributed by atoms with van der Waals surface area (Å²) in [6.45, 7) is 1.56. The predicted molar refractivity (Wildman–Crippen MR) is 109 cm³/mol. The van der Waals surface area contributed by atoms with E-state index in [0.717, 1.165) is 10.8 Å². The quantitative estimate of drug-likeness (QED) is 0.663. The average Bonchev–Trinajstić information content (AvgIpc) is 3.31. The zero-order valence-electron chi connectivity index (χ0n) is 16.8. The molecule has 2 N–H and O–H groups in total. The predicted octanol–water partition coefficient (Wildman–Crippen LogP) is 2.52. The van der Waals surface area contributed by atoms with Gasteiger partial charge in [-0.2, -0.15) is 0 Å². The molecule has 3 aromatic rings. The van der Waals surface area contributed by atoms with Gasteiger partial charge in [-0.15, -0.1) is 0 Å². The second-order valence-electron chi connectivity index (χ2n) is 7.64. The maximum Gasteiger partial charge on any atom is 0.223 e. The lowest BCUT2D eigenvalue weighted by molar-refractivity contribution is -0.336. The summed E-state index contributed by atoms with van der Waals surface area (Å²) in [6, 6.07) is 16.1. The Morgan fingerprint density at radius 1 is 1.10 bits per heavy atom. The van der Waals surface area contributed by atoms with Gasteiger partial charge in [-0.1, -0.05) is 36.4 Å². The van der Waals surface area contributed by atoms with E-state index in [1.165, 1.54) is 13.2 Å². The normalized spacial score (nSPS) is 30.5. The molecule has 2 fully saturated rings. The lowest BCUT2D eigenvalue weighted by atomic mass is 9.95. The maximum absolute atomic E-state index is 11.9. The number of furan rings is 1. The number of aliphatic hydroxyl groups excluding tert-OH is 1. The average molecular weight is 425 g/mol. The van der Waals surface area contributed by atoms with Gasteiger partial charge < -0.3 is 33.8 Å². The van der Waals surface area contributed by atoms with Crippen molar-refractivity contribution >= 4 is 16.7 Å². The fourth-order valence-electron chi connectivity index (χ4n) is 4.07. The van der Waals surface area contributed by atoms with Gasteiger partial charge in [-0.3, -0.25) is 4.79 Å². The SMILES string of the molecule is CC(=O)N[C@H]1[C@@H](Oc2cccc3ccccc23)O[C@@H]2CO[C@H](c3ccco3)O[C@@H]2[C@@H]1O. The van der Waals surface area contributed by atoms with E-state index in [-0.39, 0.29) is 12.5 Å². The molecule has 2 aliphatic rings. The van der Waals surface area contributed by atoms with Crippen molar-refractivity contribution in [1.82, 2.24) is 5.32 Å². The Kier molecular flexibility index (Phi) is 5.37. The monoisotopic (exact) mass is 425 g/mol. The topological polar surface area (TPSA) is 99.4 Å². The molecule has 0 aliphatic carbocycles. The highest BCUT2D eigenvalue weighted by Crippen LogP contribution is 2.36. The highest BCUT2D eigenvalue weighted by atomic mass is 16.8. The fraction of sp³-hybridized carbons (Fsp3) is 0.348. The third-order valence-corrected chi connectivity index (χ3v) is 5.50. The van der Waals surface area contributed by atoms with E-state index in [9.17, 15) is 9.90 Å². The van der Waals surface area contributed by atoms with Crippen molar-refractivity contribution in [3.05, 3.63) is 66.6 Å². The molecule has 0 spiro atoms. The second-order valence-corrected chi connectivity index (χ2v) is 7.64. The van der Waals surface area contributed by atoms with Crippen molar-refractivity contribution in [2.24, 2.45) is 0 Å². The van der Waals surface area contributed by atoms with Crippen LogP contribution in [0.15, 0.2) is 65.3 Å². The molecule has 5 rings (SSSR count). The van der Waals surface area contributed by atoms with Gasteiger partial charge in [-0.05, 0) is 23.6 Å². The Hall–Kier alpha value is -2.91. The number of fused-ring (bicyclic) bond motifs is 2. The van der Waals surface area contributed by atoms with E-state index >= 15 is 0 Å². The molecule has 1 aromatic heterocycles. The smallest absolute Gasteiger partial charge is 0.223 e. The Morgan fingerprint density at radius 3 is 2.74 bits per heavy atom. The van der Waals surface area contributed by atoms with Gasteiger partial charge in [0.15, 0.2) is 5.76 Å². The van der Waals surface area contributed by atoms with Crippen molar-refractivity contribution in [2.75, 3.05) is 6.61 Å². The first kappa shape index (κ1) is 20.0. The van der Waals surface area contributed by atoms with Gasteiger partial charge >= 0.3 is 0 Å². The minimum Gasteiger partial charge on any atom is -0.464 e. The molecule has 2 aromatic carbocycles. The third kappa shape index (κ3) is 3.90. The molecular weight excluding hydrogens is 402 g/mol. The molecule has 8 heteroatoms. The molecule has 0 saturated carbocycles. The van der Waals surface area contributed by atoms with Gasteiger partial charge in [0.25, 0.3) is 0 Å². The Labute approximate surface area is 178 Å². The first-order chi connectivity index (χ1) is 15.1. The Morgan fingerprint density at radius 2 is 1.94 bits per heavy atom. The lowest BCUT2D eigenvalue weighted by Crippen LogP contribution is -2.67. The molecule has 0 unspecified atom stereocenters. The number of amides is 1. The van der Waals surface area contributed by atoms with Crippen LogP contribution in [-0.4, -0.2) is 48.3 Å². The van der Waals surface area contributed by atoms with E-state index < -0.39 is 36.9 Å².